The first-order valence-electron chi connectivity index (χ1n) is 3.65. The van der Waals surface area contributed by atoms with Crippen molar-refractivity contribution >= 4 is 33.3 Å². The predicted molar refractivity (Wildman–Crippen MR) is 50.5 cm³/mol. The van der Waals surface area contributed by atoms with Gasteiger partial charge in [-0.15, -0.1) is 23.2 Å². The van der Waals surface area contributed by atoms with E-state index in [4.69, 9.17) is 23.2 Å². The van der Waals surface area contributed by atoms with Crippen molar-refractivity contribution in [3.8, 4) is 0 Å². The summed E-state index contributed by atoms with van der Waals surface area (Å²) in [5.74, 6) is -0.215. The van der Waals surface area contributed by atoms with Gasteiger partial charge in [-0.3, -0.25) is 4.18 Å². The molecule has 0 N–H and O–H groups in total. The predicted octanol–water partition coefficient (Wildman–Crippen LogP) is 2.34. The van der Waals surface area contributed by atoms with Crippen molar-refractivity contribution in [3.05, 3.63) is 0 Å². The Kier molecular flexibility index (Phi) is 5.17. The molecule has 0 atom stereocenters. The first-order valence-corrected chi connectivity index (χ1v) is 6.13. The van der Waals surface area contributed by atoms with Gasteiger partial charge in [0.2, 0.25) is 0 Å². The van der Waals surface area contributed by atoms with E-state index >= 15 is 0 Å². The average molecular weight is 289 g/mol. The lowest BCUT2D eigenvalue weighted by Crippen LogP contribution is -2.33. The first-order chi connectivity index (χ1) is 6.58. The number of hydrogen-bond donors (Lipinski definition) is 0. The Morgan fingerprint density at radius 2 is 1.60 bits per heavy atom. The lowest BCUT2D eigenvalue weighted by atomic mass is 9.98. The monoisotopic (exact) mass is 288 g/mol. The lowest BCUT2D eigenvalue weighted by Gasteiger charge is -2.23. The molecule has 0 rings (SSSR count). The number of hydrogen-bond acceptors (Lipinski definition) is 3. The van der Waals surface area contributed by atoms with Crippen LogP contribution in [0.5, 0.6) is 0 Å². The van der Waals surface area contributed by atoms with E-state index in [1.54, 1.807) is 0 Å². The summed E-state index contributed by atoms with van der Waals surface area (Å²) in [6.07, 6.45) is 0. The molecule has 3 nitrogen and oxygen atoms in total. The summed E-state index contributed by atoms with van der Waals surface area (Å²) in [5.41, 5.74) is -6.44. The Bertz CT molecular complexity index is 297. The first kappa shape index (κ1) is 15.3. The largest absolute Gasteiger partial charge is 0.523 e. The van der Waals surface area contributed by atoms with E-state index in [1.807, 2.05) is 0 Å². The maximum absolute atomic E-state index is 11.8. The second kappa shape index (κ2) is 5.07. The van der Waals surface area contributed by atoms with Crippen LogP contribution >= 0.6 is 23.2 Å². The van der Waals surface area contributed by atoms with E-state index in [2.05, 4.69) is 4.18 Å². The molecule has 0 unspecified atom stereocenters. The molecule has 0 fully saturated rings. The fraction of sp³-hybridized carbons (Fsp3) is 1.00. The van der Waals surface area contributed by atoms with Crippen LogP contribution in [-0.4, -0.2) is 32.3 Å². The minimum Gasteiger partial charge on any atom is -0.263 e. The van der Waals surface area contributed by atoms with E-state index in [0.717, 1.165) is 0 Å². The van der Waals surface area contributed by atoms with Crippen LogP contribution in [0.4, 0.5) is 13.2 Å². The fourth-order valence-corrected chi connectivity index (χ4v) is 1.41. The Hall–Kier alpha value is 0.280. The van der Waals surface area contributed by atoms with Gasteiger partial charge in [-0.25, -0.2) is 0 Å². The minimum absolute atomic E-state index is 0.107. The Balaban J connectivity index is 4.53. The van der Waals surface area contributed by atoms with Gasteiger partial charge in [0.15, 0.2) is 0 Å². The highest BCUT2D eigenvalue weighted by Crippen LogP contribution is 2.28. The maximum atomic E-state index is 11.8. The van der Waals surface area contributed by atoms with Crippen molar-refractivity contribution in [2.75, 3.05) is 18.4 Å². The SMILES string of the molecule is CC(CCl)(CCl)COS(=O)(=O)C(F)(F)F. The number of halogens is 5. The molecule has 0 bridgehead atoms. The van der Waals surface area contributed by atoms with Crippen LogP contribution in [-0.2, 0) is 14.3 Å². The summed E-state index contributed by atoms with van der Waals surface area (Å²) in [4.78, 5) is 0. The van der Waals surface area contributed by atoms with Crippen LogP contribution < -0.4 is 0 Å². The molecule has 0 aromatic rings. The van der Waals surface area contributed by atoms with Crippen molar-refractivity contribution in [3.63, 3.8) is 0 Å². The second-order valence-electron chi connectivity index (χ2n) is 3.24. The average Bonchev–Trinajstić information content (AvgIpc) is 2.13. The van der Waals surface area contributed by atoms with Crippen molar-refractivity contribution in [1.82, 2.24) is 0 Å². The highest BCUT2D eigenvalue weighted by atomic mass is 35.5. The quantitative estimate of drug-likeness (QED) is 0.443. The molecular weight excluding hydrogens is 280 g/mol. The summed E-state index contributed by atoms with van der Waals surface area (Å²) in [7, 11) is -5.57. The third-order valence-corrected chi connectivity index (χ3v) is 3.78. The molecule has 0 aliphatic carbocycles. The van der Waals surface area contributed by atoms with Gasteiger partial charge < -0.3 is 0 Å². The molecule has 92 valence electrons. The van der Waals surface area contributed by atoms with Crippen LogP contribution in [0.2, 0.25) is 0 Å². The van der Waals surface area contributed by atoms with Crippen LogP contribution in [0.3, 0.4) is 0 Å². The van der Waals surface area contributed by atoms with Crippen molar-refractivity contribution in [1.29, 1.82) is 0 Å². The molecule has 0 saturated carbocycles. The highest BCUT2D eigenvalue weighted by Gasteiger charge is 2.48. The smallest absolute Gasteiger partial charge is 0.263 e. The normalized spacial score (nSPS) is 14.3. The fourth-order valence-electron chi connectivity index (χ4n) is 0.400. The van der Waals surface area contributed by atoms with Crippen molar-refractivity contribution in [2.24, 2.45) is 5.41 Å². The molecule has 0 spiro atoms. The van der Waals surface area contributed by atoms with E-state index in [9.17, 15) is 21.6 Å². The zero-order valence-electron chi connectivity index (χ0n) is 7.64. The van der Waals surface area contributed by atoms with Gasteiger partial charge in [-0.05, 0) is 0 Å². The van der Waals surface area contributed by atoms with Gasteiger partial charge in [-0.2, -0.15) is 21.6 Å². The van der Waals surface area contributed by atoms with Crippen LogP contribution in [0.15, 0.2) is 0 Å². The molecule has 0 heterocycles. The van der Waals surface area contributed by atoms with Gasteiger partial charge in [0.25, 0.3) is 0 Å². The van der Waals surface area contributed by atoms with Gasteiger partial charge in [0, 0.05) is 17.2 Å². The van der Waals surface area contributed by atoms with Gasteiger partial charge in [0.1, 0.15) is 0 Å². The lowest BCUT2D eigenvalue weighted by molar-refractivity contribution is -0.0557. The summed E-state index contributed by atoms with van der Waals surface area (Å²) in [6.45, 7) is 0.709. The molecule has 15 heavy (non-hydrogen) atoms. The zero-order chi connectivity index (χ0) is 12.3. The molecular formula is C6H9Cl2F3O3S. The summed E-state index contributed by atoms with van der Waals surface area (Å²) >= 11 is 10.8. The van der Waals surface area contributed by atoms with Gasteiger partial charge >= 0.3 is 15.6 Å². The maximum Gasteiger partial charge on any atom is 0.523 e. The topological polar surface area (TPSA) is 43.4 Å². The number of alkyl halides is 5. The van der Waals surface area contributed by atoms with Gasteiger partial charge in [-0.1, -0.05) is 6.92 Å². The molecule has 9 heteroatoms. The van der Waals surface area contributed by atoms with E-state index < -0.39 is 27.6 Å². The molecule has 0 aromatic heterocycles. The standard InChI is InChI=1S/C6H9Cl2F3O3S/c1-5(2-7,3-8)4-14-15(12,13)6(9,10)11/h2-4H2,1H3. The van der Waals surface area contributed by atoms with Crippen molar-refractivity contribution < 1.29 is 25.8 Å². The molecule has 0 amide bonds. The molecule has 0 radical (unpaired) electrons. The highest BCUT2D eigenvalue weighted by molar-refractivity contribution is 7.87. The van der Waals surface area contributed by atoms with Gasteiger partial charge in [0.05, 0.1) is 6.61 Å². The van der Waals surface area contributed by atoms with E-state index in [0.29, 0.717) is 0 Å². The summed E-state index contributed by atoms with van der Waals surface area (Å²) < 4.78 is 60.3. The second-order valence-corrected chi connectivity index (χ2v) is 5.38. The third kappa shape index (κ3) is 4.34. The van der Waals surface area contributed by atoms with E-state index in [1.165, 1.54) is 6.92 Å². The minimum atomic E-state index is -5.57. The molecule has 0 aliphatic rings. The van der Waals surface area contributed by atoms with Crippen LogP contribution in [0, 0.1) is 5.41 Å². The Morgan fingerprint density at radius 3 is 1.87 bits per heavy atom. The number of rotatable bonds is 5. The van der Waals surface area contributed by atoms with Crippen LogP contribution in [0.25, 0.3) is 0 Å². The Labute approximate surface area is 95.6 Å². The molecule has 0 saturated heterocycles. The summed E-state index contributed by atoms with van der Waals surface area (Å²) in [5, 5.41) is 0. The Morgan fingerprint density at radius 1 is 1.20 bits per heavy atom. The molecule has 0 aliphatic heterocycles. The van der Waals surface area contributed by atoms with Crippen LogP contribution in [0.1, 0.15) is 6.92 Å². The summed E-state index contributed by atoms with van der Waals surface area (Å²) in [6, 6.07) is 0. The van der Waals surface area contributed by atoms with Crippen molar-refractivity contribution in [2.45, 2.75) is 12.4 Å². The molecule has 0 aromatic carbocycles. The third-order valence-electron chi connectivity index (χ3n) is 1.49. The zero-order valence-corrected chi connectivity index (χ0v) is 9.97. The van der Waals surface area contributed by atoms with E-state index in [-0.39, 0.29) is 11.8 Å².